The molecule has 3 heterocycles. The molecule has 37 heavy (non-hydrogen) atoms. The van der Waals surface area contributed by atoms with Gasteiger partial charge in [-0.05, 0) is 8.32 Å². The molecule has 0 bridgehead atoms. The maximum absolute atomic E-state index is 15.3. The number of oxime groups is 1. The Morgan fingerprint density at radius 2 is 1.73 bits per heavy atom. The van der Waals surface area contributed by atoms with Crippen LogP contribution < -0.4 is 4.90 Å². The zero-order valence-electron chi connectivity index (χ0n) is 21.8. The Morgan fingerprint density at radius 3 is 2.32 bits per heavy atom. The quantitative estimate of drug-likeness (QED) is 0.260. The van der Waals surface area contributed by atoms with Crippen LogP contribution in [-0.4, -0.2) is 73.9 Å². The summed E-state index contributed by atoms with van der Waals surface area (Å²) >= 11 is 0. The Hall–Kier alpha value is -2.57. The first-order chi connectivity index (χ1) is 17.2. The second-order valence-electron chi connectivity index (χ2n) is 11.1. The van der Waals surface area contributed by atoms with Gasteiger partial charge in [0.15, 0.2) is 6.10 Å². The van der Waals surface area contributed by atoms with Gasteiger partial charge in [0.05, 0.1) is 25.3 Å². The van der Waals surface area contributed by atoms with Crippen LogP contribution in [0.4, 0.5) is 23.5 Å². The summed E-state index contributed by atoms with van der Waals surface area (Å²) in [7, 11) is -2.01. The van der Waals surface area contributed by atoms with E-state index in [1.807, 2.05) is 4.90 Å². The summed E-state index contributed by atoms with van der Waals surface area (Å²) in [6.45, 7) is 11.4. The number of aromatic nitrogens is 2. The van der Waals surface area contributed by atoms with Crippen molar-refractivity contribution in [3.05, 3.63) is 42.0 Å². The van der Waals surface area contributed by atoms with Crippen molar-refractivity contribution < 1.29 is 26.8 Å². The van der Waals surface area contributed by atoms with Gasteiger partial charge in [0.1, 0.15) is 5.82 Å². The van der Waals surface area contributed by atoms with Crippen molar-refractivity contribution in [2.75, 3.05) is 37.6 Å². The minimum atomic E-state index is -4.20. The van der Waals surface area contributed by atoms with E-state index in [0.717, 1.165) is 5.71 Å². The molecule has 2 aliphatic rings. The Labute approximate surface area is 215 Å². The second kappa shape index (κ2) is 10.3. The first-order valence-electron chi connectivity index (χ1n) is 12.2. The molecule has 0 aliphatic carbocycles. The first-order valence-corrected chi connectivity index (χ1v) is 15.1. The standard InChI is InChI=1S/C25H33F4N5O2Si/c1-24(2,3)37(4,5)35-15-17-7-6-8-21(22(17)26)18-9-30-23(31-10-18)34-11-19(12-34)32-36-20-13-33(14-20)16-25(27,28)29/h6-10,20H,11-16H2,1-5H3/q-1. The molecule has 7 nitrogen and oxygen atoms in total. The average Bonchev–Trinajstić information content (AvgIpc) is 2.74. The van der Waals surface area contributed by atoms with Gasteiger partial charge >= 0.3 is 6.18 Å². The average molecular weight is 540 g/mol. The zero-order valence-corrected chi connectivity index (χ0v) is 22.8. The maximum atomic E-state index is 15.3. The molecule has 0 saturated carbocycles. The van der Waals surface area contributed by atoms with Crippen LogP contribution in [0.25, 0.3) is 11.1 Å². The number of benzene rings is 1. The van der Waals surface area contributed by atoms with Crippen molar-refractivity contribution in [2.45, 2.75) is 57.8 Å². The summed E-state index contributed by atoms with van der Waals surface area (Å²) in [6.07, 6.45) is -1.34. The fraction of sp³-hybridized carbons (Fsp3) is 0.560. The molecular weight excluding hydrogens is 506 g/mol. The van der Waals surface area contributed by atoms with Crippen LogP contribution in [-0.2, 0) is 15.9 Å². The predicted octanol–water partition coefficient (Wildman–Crippen LogP) is 5.24. The molecule has 2 aliphatic heterocycles. The van der Waals surface area contributed by atoms with Gasteiger partial charge in [0.25, 0.3) is 0 Å². The fourth-order valence-corrected chi connectivity index (χ4v) is 4.68. The van der Waals surface area contributed by atoms with Crippen molar-refractivity contribution in [1.82, 2.24) is 14.9 Å². The third-order valence-electron chi connectivity index (χ3n) is 7.11. The molecule has 12 heteroatoms. The van der Waals surface area contributed by atoms with Crippen LogP contribution in [0.5, 0.6) is 0 Å². The number of halogens is 4. The largest absolute Gasteiger partial charge is 0.561 e. The lowest BCUT2D eigenvalue weighted by atomic mass is 10.1. The number of hydrogen-bond donors (Lipinski definition) is 0. The number of nitrogens with zero attached hydrogens (tertiary/aromatic N) is 5. The van der Waals surface area contributed by atoms with E-state index in [-0.39, 0.29) is 36.7 Å². The molecule has 0 N–H and O–H groups in total. The Morgan fingerprint density at radius 1 is 1.08 bits per heavy atom. The van der Waals surface area contributed by atoms with E-state index in [1.54, 1.807) is 30.6 Å². The zero-order chi connectivity index (χ0) is 27.0. The van der Waals surface area contributed by atoms with Gasteiger partial charge in [-0.1, -0.05) is 44.1 Å². The lowest BCUT2D eigenvalue weighted by molar-refractivity contribution is -0.170. The minimum absolute atomic E-state index is 0.0350. The molecule has 2 aromatic rings. The van der Waals surface area contributed by atoms with E-state index in [2.05, 4.69) is 49.0 Å². The summed E-state index contributed by atoms with van der Waals surface area (Å²) in [5, 5.41) is 4.08. The molecule has 2 saturated heterocycles. The van der Waals surface area contributed by atoms with Crippen LogP contribution in [0.3, 0.4) is 0 Å². The lowest BCUT2D eigenvalue weighted by Gasteiger charge is -2.48. The monoisotopic (exact) mass is 539 g/mol. The van der Waals surface area contributed by atoms with E-state index in [1.165, 1.54) is 4.90 Å². The maximum Gasteiger partial charge on any atom is 0.401 e. The van der Waals surface area contributed by atoms with Crippen LogP contribution >= 0.6 is 0 Å². The Balaban J connectivity index is 1.29. The molecule has 1 aromatic heterocycles. The number of anilines is 1. The molecule has 0 radical (unpaired) electrons. The smallest absolute Gasteiger partial charge is 0.401 e. The Kier molecular flexibility index (Phi) is 7.64. The molecule has 0 unspecified atom stereocenters. The van der Waals surface area contributed by atoms with Crippen LogP contribution in [0, 0.1) is 5.82 Å². The molecule has 0 amide bonds. The SMILES string of the molecule is CC(C)(C)[Si-](C)(C)OCc1cccc(-c2cnc(N3CC(=NOC4CN(CC(F)(F)F)C4)C3)nc2)c1F. The summed E-state index contributed by atoms with van der Waals surface area (Å²) in [5.74, 6) is 0.151. The summed E-state index contributed by atoms with van der Waals surface area (Å²) in [6, 6.07) is 5.24. The van der Waals surface area contributed by atoms with Gasteiger partial charge in [-0.2, -0.15) is 13.2 Å². The highest BCUT2D eigenvalue weighted by Gasteiger charge is 2.38. The van der Waals surface area contributed by atoms with Crippen molar-refractivity contribution >= 4 is 20.0 Å². The molecule has 0 spiro atoms. The van der Waals surface area contributed by atoms with E-state index < -0.39 is 21.0 Å². The normalized spacial score (nSPS) is 17.4. The lowest BCUT2D eigenvalue weighted by Crippen LogP contribution is -2.55. The predicted molar refractivity (Wildman–Crippen MR) is 136 cm³/mol. The fourth-order valence-electron chi connectivity index (χ4n) is 3.73. The van der Waals surface area contributed by atoms with Crippen molar-refractivity contribution in [2.24, 2.45) is 5.16 Å². The van der Waals surface area contributed by atoms with Crippen molar-refractivity contribution in [1.29, 1.82) is 0 Å². The molecular formula is C25H33F4N5O2Si-. The number of hydrogen-bond acceptors (Lipinski definition) is 7. The van der Waals surface area contributed by atoms with E-state index >= 15 is 4.39 Å². The van der Waals surface area contributed by atoms with Crippen molar-refractivity contribution in [3.8, 4) is 11.1 Å². The van der Waals surface area contributed by atoms with E-state index in [4.69, 9.17) is 9.26 Å². The van der Waals surface area contributed by atoms with Gasteiger partial charge in [0, 0.05) is 48.8 Å². The molecule has 1 aromatic carbocycles. The molecule has 2 fully saturated rings. The summed E-state index contributed by atoms with van der Waals surface area (Å²) in [5.41, 5.74) is 2.26. The second-order valence-corrected chi connectivity index (χ2v) is 16.0. The number of rotatable bonds is 8. The van der Waals surface area contributed by atoms with Crippen LogP contribution in [0.2, 0.25) is 18.1 Å². The third kappa shape index (κ3) is 6.66. The number of alkyl halides is 3. The highest BCUT2D eigenvalue weighted by Crippen LogP contribution is 2.37. The number of likely N-dealkylation sites (tertiary alicyclic amines) is 1. The van der Waals surface area contributed by atoms with Gasteiger partial charge in [-0.15, -0.1) is 18.1 Å². The highest BCUT2D eigenvalue weighted by molar-refractivity contribution is 6.74. The summed E-state index contributed by atoms with van der Waals surface area (Å²) < 4.78 is 58.5. The topological polar surface area (TPSA) is 63.1 Å². The summed E-state index contributed by atoms with van der Waals surface area (Å²) in [4.78, 5) is 17.2. The Bertz CT molecular complexity index is 1120. The van der Waals surface area contributed by atoms with Gasteiger partial charge in [0.2, 0.25) is 5.95 Å². The van der Waals surface area contributed by atoms with Gasteiger partial charge < -0.3 is 14.2 Å². The van der Waals surface area contributed by atoms with Gasteiger partial charge in [-0.25, -0.2) is 14.4 Å². The van der Waals surface area contributed by atoms with E-state index in [0.29, 0.717) is 35.7 Å². The van der Waals surface area contributed by atoms with Gasteiger partial charge in [-0.3, -0.25) is 4.90 Å². The van der Waals surface area contributed by atoms with Crippen LogP contribution in [0.15, 0.2) is 35.7 Å². The highest BCUT2D eigenvalue weighted by atomic mass is 28.4. The molecule has 0 atom stereocenters. The molecule has 4 rings (SSSR count). The minimum Gasteiger partial charge on any atom is -0.561 e. The van der Waals surface area contributed by atoms with Crippen molar-refractivity contribution in [3.63, 3.8) is 0 Å². The van der Waals surface area contributed by atoms with E-state index in [9.17, 15) is 13.2 Å². The first kappa shape index (κ1) is 27.5. The third-order valence-corrected chi connectivity index (χ3v) is 11.6. The molecule has 203 valence electrons. The van der Waals surface area contributed by atoms with Crippen LogP contribution in [0.1, 0.15) is 26.3 Å².